The first kappa shape index (κ1) is 7.86. The second-order valence-corrected chi connectivity index (χ2v) is 2.69. The van der Waals surface area contributed by atoms with Crippen LogP contribution in [0.25, 0.3) is 10.9 Å². The van der Waals surface area contributed by atoms with Crippen molar-refractivity contribution in [2.45, 2.75) is 0 Å². The lowest BCUT2D eigenvalue weighted by Gasteiger charge is -2.04. The summed E-state index contributed by atoms with van der Waals surface area (Å²) in [6, 6.07) is 7.10. The van der Waals surface area contributed by atoms with E-state index in [0.29, 0.717) is 11.1 Å². The van der Waals surface area contributed by atoms with Crippen LogP contribution in [0.2, 0.25) is 0 Å². The van der Waals surface area contributed by atoms with Gasteiger partial charge in [0.1, 0.15) is 0 Å². The van der Waals surface area contributed by atoms with Gasteiger partial charge in [0, 0.05) is 11.6 Å². The average molecular weight is 175 g/mol. The van der Waals surface area contributed by atoms with Gasteiger partial charge in [0.25, 0.3) is 0 Å². The van der Waals surface area contributed by atoms with Crippen molar-refractivity contribution >= 4 is 10.9 Å². The highest BCUT2D eigenvalue weighted by atomic mass is 16.5. The van der Waals surface area contributed by atoms with Crippen LogP contribution in [0.5, 0.6) is 11.5 Å². The van der Waals surface area contributed by atoms with Crippen LogP contribution in [0.1, 0.15) is 0 Å². The molecular formula is C10H9NO2. The zero-order valence-electron chi connectivity index (χ0n) is 7.19. The number of pyridine rings is 1. The van der Waals surface area contributed by atoms with Gasteiger partial charge in [-0.05, 0) is 24.3 Å². The van der Waals surface area contributed by atoms with E-state index in [1.54, 1.807) is 24.4 Å². The van der Waals surface area contributed by atoms with Gasteiger partial charge in [-0.1, -0.05) is 0 Å². The topological polar surface area (TPSA) is 42.4 Å². The molecule has 0 spiro atoms. The fourth-order valence-electron chi connectivity index (χ4n) is 1.28. The van der Waals surface area contributed by atoms with E-state index in [1.165, 1.54) is 7.11 Å². The summed E-state index contributed by atoms with van der Waals surface area (Å²) in [6.45, 7) is 0. The quantitative estimate of drug-likeness (QED) is 0.720. The molecule has 13 heavy (non-hydrogen) atoms. The first-order chi connectivity index (χ1) is 6.33. The summed E-state index contributed by atoms with van der Waals surface area (Å²) >= 11 is 0. The zero-order valence-corrected chi connectivity index (χ0v) is 7.19. The predicted molar refractivity (Wildman–Crippen MR) is 50.0 cm³/mol. The molecule has 0 unspecified atom stereocenters. The molecule has 1 heterocycles. The second kappa shape index (κ2) is 2.94. The van der Waals surface area contributed by atoms with Gasteiger partial charge in [-0.15, -0.1) is 0 Å². The maximum atomic E-state index is 9.68. The second-order valence-electron chi connectivity index (χ2n) is 2.69. The van der Waals surface area contributed by atoms with E-state index in [4.69, 9.17) is 4.74 Å². The van der Waals surface area contributed by atoms with Crippen molar-refractivity contribution in [1.29, 1.82) is 0 Å². The number of aromatic hydroxyl groups is 1. The summed E-state index contributed by atoms with van der Waals surface area (Å²) in [5, 5.41) is 10.4. The molecule has 2 aromatic rings. The number of hydrogen-bond acceptors (Lipinski definition) is 3. The highest BCUT2D eigenvalue weighted by molar-refractivity contribution is 5.87. The Labute approximate surface area is 75.6 Å². The summed E-state index contributed by atoms with van der Waals surface area (Å²) in [6.07, 6.45) is 1.69. The van der Waals surface area contributed by atoms with Gasteiger partial charge >= 0.3 is 0 Å². The number of ether oxygens (including phenoxy) is 1. The maximum Gasteiger partial charge on any atom is 0.167 e. The zero-order chi connectivity index (χ0) is 9.26. The van der Waals surface area contributed by atoms with Crippen molar-refractivity contribution < 1.29 is 9.84 Å². The van der Waals surface area contributed by atoms with E-state index in [1.807, 2.05) is 6.07 Å². The number of methoxy groups -OCH3 is 1. The van der Waals surface area contributed by atoms with Gasteiger partial charge in [0.2, 0.25) is 0 Å². The minimum Gasteiger partial charge on any atom is -0.504 e. The lowest BCUT2D eigenvalue weighted by Crippen LogP contribution is -1.85. The van der Waals surface area contributed by atoms with E-state index in [9.17, 15) is 5.11 Å². The highest BCUT2D eigenvalue weighted by Crippen LogP contribution is 2.32. The summed E-state index contributed by atoms with van der Waals surface area (Å²) in [4.78, 5) is 4.10. The van der Waals surface area contributed by atoms with E-state index in [-0.39, 0.29) is 5.75 Å². The van der Waals surface area contributed by atoms with Crippen molar-refractivity contribution in [3.63, 3.8) is 0 Å². The highest BCUT2D eigenvalue weighted by Gasteiger charge is 2.05. The number of rotatable bonds is 1. The van der Waals surface area contributed by atoms with Gasteiger partial charge in [-0.2, -0.15) is 0 Å². The number of fused-ring (bicyclic) bond motifs is 1. The lowest BCUT2D eigenvalue weighted by atomic mass is 10.2. The van der Waals surface area contributed by atoms with Crippen molar-refractivity contribution in [1.82, 2.24) is 4.98 Å². The molecule has 3 nitrogen and oxygen atoms in total. The molecule has 1 N–H and O–H groups in total. The first-order valence-corrected chi connectivity index (χ1v) is 3.93. The molecule has 0 bridgehead atoms. The van der Waals surface area contributed by atoms with Crippen LogP contribution >= 0.6 is 0 Å². The largest absolute Gasteiger partial charge is 0.504 e. The van der Waals surface area contributed by atoms with E-state index >= 15 is 0 Å². The summed E-state index contributed by atoms with van der Waals surface area (Å²) in [7, 11) is 1.53. The van der Waals surface area contributed by atoms with Crippen molar-refractivity contribution in [2.75, 3.05) is 7.11 Å². The number of benzene rings is 1. The SMILES string of the molecule is COc1ccc2ncccc2c1O. The van der Waals surface area contributed by atoms with Crippen molar-refractivity contribution in [3.05, 3.63) is 30.5 Å². The first-order valence-electron chi connectivity index (χ1n) is 3.93. The smallest absolute Gasteiger partial charge is 0.167 e. The molecule has 0 saturated carbocycles. The van der Waals surface area contributed by atoms with Crippen molar-refractivity contribution in [3.8, 4) is 11.5 Å². The molecule has 0 atom stereocenters. The molecule has 1 aromatic carbocycles. The third kappa shape index (κ3) is 1.18. The third-order valence-electron chi connectivity index (χ3n) is 1.94. The van der Waals surface area contributed by atoms with Crippen molar-refractivity contribution in [2.24, 2.45) is 0 Å². The molecule has 0 saturated heterocycles. The minimum absolute atomic E-state index is 0.146. The van der Waals surface area contributed by atoms with E-state index < -0.39 is 0 Å². The Balaban J connectivity index is 2.79. The molecule has 0 aliphatic heterocycles. The Bertz CT molecular complexity index is 440. The predicted octanol–water partition coefficient (Wildman–Crippen LogP) is 1.95. The van der Waals surface area contributed by atoms with Gasteiger partial charge < -0.3 is 9.84 Å². The number of phenols is 1. The average Bonchev–Trinajstić information content (AvgIpc) is 2.19. The standard InChI is InChI=1S/C10H9NO2/c1-13-9-5-4-8-7(10(9)12)3-2-6-11-8/h2-6,12H,1H3. The number of nitrogens with zero attached hydrogens (tertiary/aromatic N) is 1. The lowest BCUT2D eigenvalue weighted by molar-refractivity contribution is 0.376. The molecule has 0 amide bonds. The summed E-state index contributed by atoms with van der Waals surface area (Å²) < 4.78 is 4.98. The molecule has 0 aliphatic rings. The Kier molecular flexibility index (Phi) is 1.77. The van der Waals surface area contributed by atoms with Crippen LogP contribution in [0.15, 0.2) is 30.5 Å². The van der Waals surface area contributed by atoms with Crippen LogP contribution < -0.4 is 4.74 Å². The fraction of sp³-hybridized carbons (Fsp3) is 0.100. The van der Waals surface area contributed by atoms with E-state index in [0.717, 1.165) is 5.52 Å². The van der Waals surface area contributed by atoms with Gasteiger partial charge in [-0.3, -0.25) is 4.98 Å². The molecule has 0 aliphatic carbocycles. The van der Waals surface area contributed by atoms with Crippen LogP contribution in [0.4, 0.5) is 0 Å². The summed E-state index contributed by atoms with van der Waals surface area (Å²) in [5.41, 5.74) is 0.765. The Morgan fingerprint density at radius 2 is 2.15 bits per heavy atom. The monoisotopic (exact) mass is 175 g/mol. The fourth-order valence-corrected chi connectivity index (χ4v) is 1.28. The Morgan fingerprint density at radius 1 is 1.31 bits per heavy atom. The molecule has 0 radical (unpaired) electrons. The number of phenolic OH excluding ortho intramolecular Hbond substituents is 1. The van der Waals surface area contributed by atoms with Gasteiger partial charge in [0.05, 0.1) is 12.6 Å². The van der Waals surface area contributed by atoms with Gasteiger partial charge in [0.15, 0.2) is 11.5 Å². The molecule has 66 valence electrons. The Morgan fingerprint density at radius 3 is 2.92 bits per heavy atom. The molecule has 2 rings (SSSR count). The van der Waals surface area contributed by atoms with E-state index in [2.05, 4.69) is 4.98 Å². The maximum absolute atomic E-state index is 9.68. The molecule has 1 aromatic heterocycles. The third-order valence-corrected chi connectivity index (χ3v) is 1.94. The number of hydrogen-bond donors (Lipinski definition) is 1. The van der Waals surface area contributed by atoms with Crippen LogP contribution in [0.3, 0.4) is 0 Å². The normalized spacial score (nSPS) is 10.2. The minimum atomic E-state index is 0.146. The molecule has 3 heteroatoms. The summed E-state index contributed by atoms with van der Waals surface area (Å²) in [5.74, 6) is 0.619. The molecular weight excluding hydrogens is 166 g/mol. The molecule has 0 fully saturated rings. The van der Waals surface area contributed by atoms with Gasteiger partial charge in [-0.25, -0.2) is 0 Å². The van der Waals surface area contributed by atoms with Crippen LogP contribution in [-0.4, -0.2) is 17.2 Å². The number of aromatic nitrogens is 1. The van der Waals surface area contributed by atoms with Crippen LogP contribution in [-0.2, 0) is 0 Å². The Hall–Kier alpha value is -1.77. The van der Waals surface area contributed by atoms with Crippen LogP contribution in [0, 0.1) is 0 Å².